The SMILES string of the molecule is COC(=O)c1cc(F)c2c(C)nn(Cc3c(Cl)cccc3C(F)(F)F)c2c1. The van der Waals surface area contributed by atoms with E-state index in [1.165, 1.54) is 29.8 Å². The first-order valence-corrected chi connectivity index (χ1v) is 8.11. The van der Waals surface area contributed by atoms with Crippen molar-refractivity contribution in [3.05, 3.63) is 63.6 Å². The summed E-state index contributed by atoms with van der Waals surface area (Å²) in [7, 11) is 1.15. The molecule has 3 rings (SSSR count). The maximum Gasteiger partial charge on any atom is 0.416 e. The number of carbonyl (C=O) groups is 1. The minimum absolute atomic E-state index is 0.0705. The Morgan fingerprint density at radius 1 is 1.30 bits per heavy atom. The third-order valence-corrected chi connectivity index (χ3v) is 4.49. The quantitative estimate of drug-likeness (QED) is 0.459. The van der Waals surface area contributed by atoms with Crippen molar-refractivity contribution < 1.29 is 27.1 Å². The summed E-state index contributed by atoms with van der Waals surface area (Å²) < 4.78 is 60.2. The van der Waals surface area contributed by atoms with Crippen molar-refractivity contribution in [3.63, 3.8) is 0 Å². The van der Waals surface area contributed by atoms with Crippen LogP contribution in [-0.4, -0.2) is 22.9 Å². The van der Waals surface area contributed by atoms with Gasteiger partial charge in [-0.3, -0.25) is 4.68 Å². The van der Waals surface area contributed by atoms with Gasteiger partial charge in [0.1, 0.15) is 5.82 Å². The molecule has 0 bridgehead atoms. The molecule has 0 aliphatic rings. The average Bonchev–Trinajstić information content (AvgIpc) is 2.91. The number of rotatable bonds is 3. The number of alkyl halides is 3. The fourth-order valence-corrected chi connectivity index (χ4v) is 3.16. The topological polar surface area (TPSA) is 44.1 Å². The molecule has 9 heteroatoms. The highest BCUT2D eigenvalue weighted by molar-refractivity contribution is 6.31. The van der Waals surface area contributed by atoms with Gasteiger partial charge in [-0.25, -0.2) is 9.18 Å². The third-order valence-electron chi connectivity index (χ3n) is 4.13. The lowest BCUT2D eigenvalue weighted by Gasteiger charge is -2.15. The van der Waals surface area contributed by atoms with Crippen LogP contribution in [0.2, 0.25) is 5.02 Å². The van der Waals surface area contributed by atoms with Crippen molar-refractivity contribution in [2.24, 2.45) is 0 Å². The summed E-state index contributed by atoms with van der Waals surface area (Å²) in [5.41, 5.74) is -0.722. The van der Waals surface area contributed by atoms with E-state index in [0.29, 0.717) is 0 Å². The minimum atomic E-state index is -4.61. The summed E-state index contributed by atoms with van der Waals surface area (Å²) in [5, 5.41) is 4.16. The van der Waals surface area contributed by atoms with Crippen LogP contribution in [0.5, 0.6) is 0 Å². The monoisotopic (exact) mass is 400 g/mol. The number of halogens is 5. The van der Waals surface area contributed by atoms with Crippen LogP contribution in [0, 0.1) is 12.7 Å². The zero-order valence-electron chi connectivity index (χ0n) is 14.2. The molecule has 0 aliphatic heterocycles. The highest BCUT2D eigenvalue weighted by Gasteiger charge is 2.34. The normalized spacial score (nSPS) is 11.8. The average molecular weight is 401 g/mol. The van der Waals surface area contributed by atoms with Gasteiger partial charge in [0.2, 0.25) is 0 Å². The molecule has 0 saturated carbocycles. The van der Waals surface area contributed by atoms with Gasteiger partial charge in [0.05, 0.1) is 41.4 Å². The molecule has 2 aromatic carbocycles. The molecule has 0 saturated heterocycles. The zero-order chi connectivity index (χ0) is 19.9. The van der Waals surface area contributed by atoms with E-state index in [0.717, 1.165) is 19.2 Å². The Kier molecular flexibility index (Phi) is 4.86. The van der Waals surface area contributed by atoms with Crippen LogP contribution in [-0.2, 0) is 17.5 Å². The van der Waals surface area contributed by atoms with Crippen LogP contribution in [0.4, 0.5) is 17.6 Å². The lowest BCUT2D eigenvalue weighted by molar-refractivity contribution is -0.138. The largest absolute Gasteiger partial charge is 0.465 e. The number of fused-ring (bicyclic) bond motifs is 1. The number of esters is 1. The second-order valence-electron chi connectivity index (χ2n) is 5.85. The Morgan fingerprint density at radius 2 is 2.00 bits per heavy atom. The number of hydrogen-bond acceptors (Lipinski definition) is 3. The third kappa shape index (κ3) is 3.49. The van der Waals surface area contributed by atoms with Gasteiger partial charge in [-0.2, -0.15) is 18.3 Å². The fourth-order valence-electron chi connectivity index (χ4n) is 2.93. The Hall–Kier alpha value is -2.61. The first-order chi connectivity index (χ1) is 12.6. The number of carbonyl (C=O) groups excluding carboxylic acids is 1. The molecule has 1 heterocycles. The van der Waals surface area contributed by atoms with Gasteiger partial charge in [-0.05, 0) is 31.2 Å². The number of aromatic nitrogens is 2. The molecule has 0 fully saturated rings. The Bertz CT molecular complexity index is 1040. The number of methoxy groups -OCH3 is 1. The van der Waals surface area contributed by atoms with Crippen molar-refractivity contribution in [1.82, 2.24) is 9.78 Å². The van der Waals surface area contributed by atoms with Crippen molar-refractivity contribution >= 4 is 28.5 Å². The smallest absolute Gasteiger partial charge is 0.416 e. The van der Waals surface area contributed by atoms with E-state index in [1.807, 2.05) is 0 Å². The lowest BCUT2D eigenvalue weighted by Crippen LogP contribution is -2.13. The Labute approximate surface area is 156 Å². The molecule has 0 aliphatic carbocycles. The molecular weight excluding hydrogens is 388 g/mol. The van der Waals surface area contributed by atoms with E-state index in [9.17, 15) is 22.4 Å². The maximum absolute atomic E-state index is 14.4. The predicted octanol–water partition coefficient (Wildman–Crippen LogP) is 4.99. The van der Waals surface area contributed by atoms with Crippen LogP contribution in [0.1, 0.15) is 27.2 Å². The molecule has 1 aromatic heterocycles. The van der Waals surface area contributed by atoms with Gasteiger partial charge >= 0.3 is 12.1 Å². The van der Waals surface area contributed by atoms with Gasteiger partial charge in [-0.1, -0.05) is 17.7 Å². The van der Waals surface area contributed by atoms with Crippen LogP contribution < -0.4 is 0 Å². The highest BCUT2D eigenvalue weighted by Crippen LogP contribution is 2.36. The molecule has 0 spiro atoms. The van der Waals surface area contributed by atoms with E-state index in [-0.39, 0.29) is 39.3 Å². The van der Waals surface area contributed by atoms with Gasteiger partial charge in [0, 0.05) is 10.6 Å². The lowest BCUT2D eigenvalue weighted by atomic mass is 10.1. The number of aryl methyl sites for hydroxylation is 1. The van der Waals surface area contributed by atoms with Crippen LogP contribution in [0.15, 0.2) is 30.3 Å². The molecule has 0 atom stereocenters. The first-order valence-electron chi connectivity index (χ1n) is 7.73. The molecule has 0 N–H and O–H groups in total. The number of benzene rings is 2. The summed E-state index contributed by atoms with van der Waals surface area (Å²) in [4.78, 5) is 11.7. The minimum Gasteiger partial charge on any atom is -0.465 e. The second-order valence-corrected chi connectivity index (χ2v) is 6.26. The Morgan fingerprint density at radius 3 is 2.63 bits per heavy atom. The standard InChI is InChI=1S/C18H13ClF4N2O2/c1-9-16-14(20)6-10(17(26)27-2)7-15(16)25(24-9)8-11-12(18(21,22)23)4-3-5-13(11)19/h3-7H,8H2,1-2H3. The van der Waals surface area contributed by atoms with E-state index < -0.39 is 23.5 Å². The number of hydrogen-bond donors (Lipinski definition) is 0. The molecular formula is C18H13ClF4N2O2. The zero-order valence-corrected chi connectivity index (χ0v) is 15.0. The first kappa shape index (κ1) is 19.2. The van der Waals surface area contributed by atoms with Gasteiger partial charge in [-0.15, -0.1) is 0 Å². The van der Waals surface area contributed by atoms with Crippen molar-refractivity contribution in [1.29, 1.82) is 0 Å². The van der Waals surface area contributed by atoms with E-state index >= 15 is 0 Å². The van der Waals surface area contributed by atoms with Gasteiger partial charge in [0.15, 0.2) is 0 Å². The molecule has 27 heavy (non-hydrogen) atoms. The maximum atomic E-state index is 14.4. The van der Waals surface area contributed by atoms with Crippen LogP contribution >= 0.6 is 11.6 Å². The summed E-state index contributed by atoms with van der Waals surface area (Å²) >= 11 is 5.99. The summed E-state index contributed by atoms with van der Waals surface area (Å²) in [5.74, 6) is -1.48. The summed E-state index contributed by atoms with van der Waals surface area (Å²) in [6.45, 7) is 1.18. The van der Waals surface area contributed by atoms with E-state index in [4.69, 9.17) is 11.6 Å². The summed E-state index contributed by atoms with van der Waals surface area (Å²) in [6, 6.07) is 5.79. The van der Waals surface area contributed by atoms with Gasteiger partial charge < -0.3 is 4.74 Å². The van der Waals surface area contributed by atoms with Crippen LogP contribution in [0.25, 0.3) is 10.9 Å². The van der Waals surface area contributed by atoms with Crippen LogP contribution in [0.3, 0.4) is 0 Å². The van der Waals surface area contributed by atoms with E-state index in [2.05, 4.69) is 9.84 Å². The molecule has 142 valence electrons. The Balaban J connectivity index is 2.20. The van der Waals surface area contributed by atoms with E-state index in [1.54, 1.807) is 0 Å². The number of ether oxygens (including phenoxy) is 1. The molecule has 4 nitrogen and oxygen atoms in total. The fraction of sp³-hybridized carbons (Fsp3) is 0.222. The predicted molar refractivity (Wildman–Crippen MR) is 91.3 cm³/mol. The number of nitrogens with zero attached hydrogens (tertiary/aromatic N) is 2. The highest BCUT2D eigenvalue weighted by atomic mass is 35.5. The van der Waals surface area contributed by atoms with Crippen molar-refractivity contribution in [2.75, 3.05) is 7.11 Å². The second kappa shape index (κ2) is 6.84. The molecule has 0 radical (unpaired) electrons. The van der Waals surface area contributed by atoms with Crippen molar-refractivity contribution in [2.45, 2.75) is 19.6 Å². The molecule has 3 aromatic rings. The van der Waals surface area contributed by atoms with Gasteiger partial charge in [0.25, 0.3) is 0 Å². The molecule has 0 unspecified atom stereocenters. The van der Waals surface area contributed by atoms with Crippen molar-refractivity contribution in [3.8, 4) is 0 Å². The summed E-state index contributed by atoms with van der Waals surface area (Å²) in [6.07, 6.45) is -4.61. The molecule has 0 amide bonds.